The summed E-state index contributed by atoms with van der Waals surface area (Å²) in [4.78, 5) is 4.83. The molecule has 0 radical (unpaired) electrons. The van der Waals surface area contributed by atoms with Gasteiger partial charge >= 0.3 is 0 Å². The Morgan fingerprint density at radius 3 is 2.35 bits per heavy atom. The molecule has 0 amide bonds. The van der Waals surface area contributed by atoms with Crippen molar-refractivity contribution in [3.63, 3.8) is 0 Å². The quantitative estimate of drug-likeness (QED) is 0.894. The third-order valence-electron chi connectivity index (χ3n) is 4.57. The first-order chi connectivity index (χ1) is 9.72. The molecular weight excluding hydrogens is 253 g/mol. The number of halogens is 1. The lowest BCUT2D eigenvalue weighted by Gasteiger charge is -2.36. The van der Waals surface area contributed by atoms with Crippen molar-refractivity contribution < 1.29 is 4.39 Å². The topological polar surface area (TPSA) is 32.5 Å². The number of anilines is 1. The Kier molecular flexibility index (Phi) is 4.22. The van der Waals surface area contributed by atoms with Gasteiger partial charge in [0.2, 0.25) is 0 Å². The average Bonchev–Trinajstić information content (AvgIpc) is 3.31. The van der Waals surface area contributed by atoms with Crippen LogP contribution in [0.1, 0.15) is 19.3 Å². The van der Waals surface area contributed by atoms with Crippen molar-refractivity contribution in [2.75, 3.05) is 37.6 Å². The highest BCUT2D eigenvalue weighted by molar-refractivity contribution is 5.46. The summed E-state index contributed by atoms with van der Waals surface area (Å²) >= 11 is 0. The second-order valence-electron chi connectivity index (χ2n) is 6.10. The van der Waals surface area contributed by atoms with Gasteiger partial charge in [0.1, 0.15) is 5.82 Å². The molecule has 1 aliphatic carbocycles. The molecule has 1 aliphatic heterocycles. The molecule has 0 spiro atoms. The van der Waals surface area contributed by atoms with Crippen molar-refractivity contribution in [2.45, 2.75) is 25.3 Å². The van der Waals surface area contributed by atoms with Crippen molar-refractivity contribution in [3.05, 3.63) is 30.1 Å². The second-order valence-corrected chi connectivity index (χ2v) is 6.10. The molecule has 1 saturated heterocycles. The zero-order valence-electron chi connectivity index (χ0n) is 12.0. The molecule has 1 unspecified atom stereocenters. The maximum Gasteiger partial charge on any atom is 0.123 e. The van der Waals surface area contributed by atoms with Crippen LogP contribution in [0.5, 0.6) is 0 Å². The standard InChI is InChI=1S/C16H24FN3/c17-14-3-5-15(6-4-14)20-11-9-19(10-12-20)8-7-16(18)13-1-2-13/h3-6,13,16H,1-2,7-12,18H2. The average molecular weight is 277 g/mol. The second kappa shape index (κ2) is 6.10. The van der Waals surface area contributed by atoms with Crippen molar-refractivity contribution in [2.24, 2.45) is 11.7 Å². The Morgan fingerprint density at radius 2 is 1.75 bits per heavy atom. The van der Waals surface area contributed by atoms with Crippen molar-refractivity contribution in [1.82, 2.24) is 4.90 Å². The van der Waals surface area contributed by atoms with Gasteiger partial charge in [0.15, 0.2) is 0 Å². The van der Waals surface area contributed by atoms with E-state index in [0.717, 1.165) is 50.7 Å². The number of nitrogens with two attached hydrogens (primary N) is 1. The molecule has 1 heterocycles. The summed E-state index contributed by atoms with van der Waals surface area (Å²) < 4.78 is 12.9. The minimum atomic E-state index is -0.165. The highest BCUT2D eigenvalue weighted by atomic mass is 19.1. The SMILES string of the molecule is NC(CCN1CCN(c2ccc(F)cc2)CC1)C1CC1. The van der Waals surface area contributed by atoms with Crippen LogP contribution in [0.15, 0.2) is 24.3 Å². The van der Waals surface area contributed by atoms with Gasteiger partial charge in [-0.2, -0.15) is 0 Å². The molecular formula is C16H24FN3. The zero-order chi connectivity index (χ0) is 13.9. The summed E-state index contributed by atoms with van der Waals surface area (Å²) in [5.74, 6) is 0.636. The summed E-state index contributed by atoms with van der Waals surface area (Å²) in [5, 5.41) is 0. The van der Waals surface area contributed by atoms with E-state index in [1.165, 1.54) is 25.0 Å². The van der Waals surface area contributed by atoms with E-state index in [2.05, 4.69) is 9.80 Å². The van der Waals surface area contributed by atoms with E-state index in [-0.39, 0.29) is 5.82 Å². The Bertz CT molecular complexity index is 422. The number of rotatable bonds is 5. The maximum atomic E-state index is 12.9. The van der Waals surface area contributed by atoms with E-state index >= 15 is 0 Å². The van der Waals surface area contributed by atoms with Gasteiger partial charge in [0.05, 0.1) is 0 Å². The molecule has 2 fully saturated rings. The minimum Gasteiger partial charge on any atom is -0.369 e. The fraction of sp³-hybridized carbons (Fsp3) is 0.625. The minimum absolute atomic E-state index is 0.165. The molecule has 20 heavy (non-hydrogen) atoms. The summed E-state index contributed by atoms with van der Waals surface area (Å²) in [6, 6.07) is 7.22. The lowest BCUT2D eigenvalue weighted by Crippen LogP contribution is -2.47. The molecule has 0 aromatic heterocycles. The number of benzene rings is 1. The van der Waals surface area contributed by atoms with Gasteiger partial charge in [0.25, 0.3) is 0 Å². The van der Waals surface area contributed by atoms with Crippen LogP contribution in [0.4, 0.5) is 10.1 Å². The Hall–Kier alpha value is -1.13. The Labute approximate surface area is 120 Å². The van der Waals surface area contributed by atoms with E-state index in [1.54, 1.807) is 0 Å². The predicted octanol–water partition coefficient (Wildman–Crippen LogP) is 2.08. The van der Waals surface area contributed by atoms with Crippen LogP contribution in [0.3, 0.4) is 0 Å². The molecule has 0 bridgehead atoms. The van der Waals surface area contributed by atoms with E-state index in [9.17, 15) is 4.39 Å². The van der Waals surface area contributed by atoms with E-state index in [4.69, 9.17) is 5.73 Å². The zero-order valence-corrected chi connectivity index (χ0v) is 12.0. The number of piperazine rings is 1. The Morgan fingerprint density at radius 1 is 1.10 bits per heavy atom. The molecule has 1 aromatic rings. The van der Waals surface area contributed by atoms with Crippen LogP contribution < -0.4 is 10.6 Å². The van der Waals surface area contributed by atoms with Gasteiger partial charge in [-0.15, -0.1) is 0 Å². The molecule has 1 aromatic carbocycles. The van der Waals surface area contributed by atoms with Crippen molar-refractivity contribution in [1.29, 1.82) is 0 Å². The summed E-state index contributed by atoms with van der Waals surface area (Å²) in [6.45, 7) is 5.31. The van der Waals surface area contributed by atoms with Crippen molar-refractivity contribution >= 4 is 5.69 Å². The van der Waals surface area contributed by atoms with Gasteiger partial charge < -0.3 is 10.6 Å². The predicted molar refractivity (Wildman–Crippen MR) is 80.4 cm³/mol. The Balaban J connectivity index is 1.43. The van der Waals surface area contributed by atoms with Gasteiger partial charge in [-0.25, -0.2) is 4.39 Å². The maximum absolute atomic E-state index is 12.9. The third kappa shape index (κ3) is 3.49. The molecule has 4 heteroatoms. The first kappa shape index (κ1) is 13.8. The fourth-order valence-corrected chi connectivity index (χ4v) is 2.97. The molecule has 2 aliphatic rings. The van der Waals surface area contributed by atoms with E-state index in [1.807, 2.05) is 12.1 Å². The highest BCUT2D eigenvalue weighted by Crippen LogP contribution is 2.32. The summed E-state index contributed by atoms with van der Waals surface area (Å²) in [7, 11) is 0. The van der Waals surface area contributed by atoms with Crippen LogP contribution >= 0.6 is 0 Å². The van der Waals surface area contributed by atoms with Crippen LogP contribution in [0, 0.1) is 11.7 Å². The first-order valence-electron chi connectivity index (χ1n) is 7.71. The summed E-state index contributed by atoms with van der Waals surface area (Å²) in [5.41, 5.74) is 7.28. The van der Waals surface area contributed by atoms with Crippen LogP contribution in [-0.4, -0.2) is 43.7 Å². The van der Waals surface area contributed by atoms with E-state index < -0.39 is 0 Å². The number of hydrogen-bond acceptors (Lipinski definition) is 3. The molecule has 110 valence electrons. The van der Waals surface area contributed by atoms with Gasteiger partial charge in [-0.05, 0) is 56.0 Å². The summed E-state index contributed by atoms with van der Waals surface area (Å²) in [6.07, 6.45) is 3.79. The van der Waals surface area contributed by atoms with Gasteiger partial charge in [-0.1, -0.05) is 0 Å². The fourth-order valence-electron chi connectivity index (χ4n) is 2.97. The van der Waals surface area contributed by atoms with Gasteiger partial charge in [-0.3, -0.25) is 4.90 Å². The lowest BCUT2D eigenvalue weighted by atomic mass is 10.1. The normalized spacial score (nSPS) is 22.0. The largest absolute Gasteiger partial charge is 0.369 e. The lowest BCUT2D eigenvalue weighted by molar-refractivity contribution is 0.245. The van der Waals surface area contributed by atoms with Crippen LogP contribution in [0.2, 0.25) is 0 Å². The first-order valence-corrected chi connectivity index (χ1v) is 7.71. The van der Waals surface area contributed by atoms with Crippen molar-refractivity contribution in [3.8, 4) is 0 Å². The molecule has 1 atom stereocenters. The smallest absolute Gasteiger partial charge is 0.123 e. The van der Waals surface area contributed by atoms with Crippen LogP contribution in [0.25, 0.3) is 0 Å². The number of hydrogen-bond donors (Lipinski definition) is 1. The number of nitrogens with zero attached hydrogens (tertiary/aromatic N) is 2. The highest BCUT2D eigenvalue weighted by Gasteiger charge is 2.28. The van der Waals surface area contributed by atoms with Crippen LogP contribution in [-0.2, 0) is 0 Å². The molecule has 3 rings (SSSR count). The monoisotopic (exact) mass is 277 g/mol. The molecule has 1 saturated carbocycles. The third-order valence-corrected chi connectivity index (χ3v) is 4.57. The molecule has 2 N–H and O–H groups in total. The molecule has 3 nitrogen and oxygen atoms in total. The van der Waals surface area contributed by atoms with E-state index in [0.29, 0.717) is 6.04 Å². The van der Waals surface area contributed by atoms with Gasteiger partial charge in [0, 0.05) is 37.9 Å².